The Morgan fingerprint density at radius 1 is 1.22 bits per heavy atom. The number of benzene rings is 1. The average molecular weight is 270 g/mol. The normalized spacial score (nSPS) is 16.4. The number of halogens is 1. The molecule has 102 valence electrons. The van der Waals surface area contributed by atoms with Crippen LogP contribution in [0.15, 0.2) is 24.3 Å². The number of nitrogens with one attached hydrogen (secondary N) is 1. The molecule has 1 saturated heterocycles. The van der Waals surface area contributed by atoms with E-state index in [1.54, 1.807) is 0 Å². The van der Waals surface area contributed by atoms with Gasteiger partial charge in [-0.25, -0.2) is 0 Å². The first-order valence-corrected chi connectivity index (χ1v) is 6.70. The number of ether oxygens (including phenoxy) is 1. The fourth-order valence-electron chi connectivity index (χ4n) is 2.34. The van der Waals surface area contributed by atoms with Gasteiger partial charge in [0.25, 0.3) is 0 Å². The minimum absolute atomic E-state index is 0. The van der Waals surface area contributed by atoms with Crippen LogP contribution in [0, 0.1) is 5.92 Å². The van der Waals surface area contributed by atoms with Crippen molar-refractivity contribution in [1.82, 2.24) is 5.32 Å². The number of hydrogen-bond donors (Lipinski definition) is 1. The Morgan fingerprint density at radius 2 is 1.89 bits per heavy atom. The third kappa shape index (κ3) is 4.18. The van der Waals surface area contributed by atoms with E-state index in [0.717, 1.165) is 25.4 Å². The van der Waals surface area contributed by atoms with Crippen molar-refractivity contribution in [3.05, 3.63) is 29.8 Å². The predicted octanol–water partition coefficient (Wildman–Crippen LogP) is 3.61. The maximum atomic E-state index is 5.93. The monoisotopic (exact) mass is 269 g/mol. The van der Waals surface area contributed by atoms with Gasteiger partial charge in [-0.2, -0.15) is 0 Å². The van der Waals surface area contributed by atoms with E-state index < -0.39 is 0 Å². The summed E-state index contributed by atoms with van der Waals surface area (Å²) in [4.78, 5) is 0. The van der Waals surface area contributed by atoms with Gasteiger partial charge in [0.1, 0.15) is 5.75 Å². The molecule has 0 amide bonds. The summed E-state index contributed by atoms with van der Waals surface area (Å²) in [5.74, 6) is 2.34. The van der Waals surface area contributed by atoms with Gasteiger partial charge in [0, 0.05) is 0 Å². The van der Waals surface area contributed by atoms with Crippen LogP contribution in [0.4, 0.5) is 0 Å². The summed E-state index contributed by atoms with van der Waals surface area (Å²) in [6.07, 6.45) is 2.45. The van der Waals surface area contributed by atoms with Gasteiger partial charge in [-0.1, -0.05) is 32.0 Å². The lowest BCUT2D eigenvalue weighted by Crippen LogP contribution is -2.26. The van der Waals surface area contributed by atoms with E-state index in [2.05, 4.69) is 43.4 Å². The summed E-state index contributed by atoms with van der Waals surface area (Å²) in [7, 11) is 0. The quantitative estimate of drug-likeness (QED) is 0.902. The highest BCUT2D eigenvalue weighted by molar-refractivity contribution is 5.85. The molecule has 1 heterocycles. The molecule has 18 heavy (non-hydrogen) atoms. The topological polar surface area (TPSA) is 21.3 Å². The van der Waals surface area contributed by atoms with Crippen LogP contribution in [-0.2, 0) is 0 Å². The second kappa shape index (κ2) is 7.65. The minimum Gasteiger partial charge on any atom is -0.493 e. The Labute approximate surface area is 117 Å². The van der Waals surface area contributed by atoms with E-state index in [1.165, 1.54) is 18.4 Å². The van der Waals surface area contributed by atoms with Crippen LogP contribution in [0.3, 0.4) is 0 Å². The lowest BCUT2D eigenvalue weighted by atomic mass is 9.89. The van der Waals surface area contributed by atoms with Crippen molar-refractivity contribution in [2.45, 2.75) is 32.6 Å². The van der Waals surface area contributed by atoms with E-state index in [-0.39, 0.29) is 12.4 Å². The average Bonchev–Trinajstić information content (AvgIpc) is 2.38. The SMILES string of the molecule is CC(C)COc1ccccc1C1CCNCC1.Cl. The molecule has 0 aliphatic carbocycles. The molecule has 3 heteroatoms. The molecule has 0 radical (unpaired) electrons. The Bertz CT molecular complexity index is 348. The summed E-state index contributed by atoms with van der Waals surface area (Å²) in [5, 5.41) is 3.41. The van der Waals surface area contributed by atoms with Crippen molar-refractivity contribution in [3.63, 3.8) is 0 Å². The second-order valence-corrected chi connectivity index (χ2v) is 5.27. The molecule has 1 aromatic rings. The van der Waals surface area contributed by atoms with E-state index in [9.17, 15) is 0 Å². The first-order valence-electron chi connectivity index (χ1n) is 6.70. The molecular formula is C15H24ClNO. The highest BCUT2D eigenvalue weighted by Gasteiger charge is 2.18. The molecular weight excluding hydrogens is 246 g/mol. The maximum Gasteiger partial charge on any atom is 0.122 e. The zero-order valence-corrected chi connectivity index (χ0v) is 12.1. The number of para-hydroxylation sites is 1. The van der Waals surface area contributed by atoms with Gasteiger partial charge in [0.2, 0.25) is 0 Å². The van der Waals surface area contributed by atoms with Gasteiger partial charge in [-0.15, -0.1) is 12.4 Å². The van der Waals surface area contributed by atoms with Crippen molar-refractivity contribution in [1.29, 1.82) is 0 Å². The van der Waals surface area contributed by atoms with Crippen LogP contribution >= 0.6 is 12.4 Å². The molecule has 0 spiro atoms. The van der Waals surface area contributed by atoms with Crippen molar-refractivity contribution in [3.8, 4) is 5.75 Å². The summed E-state index contributed by atoms with van der Waals surface area (Å²) in [6.45, 7) is 7.44. The maximum absolute atomic E-state index is 5.93. The fourth-order valence-corrected chi connectivity index (χ4v) is 2.34. The number of hydrogen-bond acceptors (Lipinski definition) is 2. The largest absolute Gasteiger partial charge is 0.493 e. The molecule has 2 nitrogen and oxygen atoms in total. The molecule has 1 N–H and O–H groups in total. The van der Waals surface area contributed by atoms with E-state index >= 15 is 0 Å². The Hall–Kier alpha value is -0.730. The third-order valence-corrected chi connectivity index (χ3v) is 3.27. The summed E-state index contributed by atoms with van der Waals surface area (Å²) in [6, 6.07) is 8.53. The molecule has 0 saturated carbocycles. The van der Waals surface area contributed by atoms with Gasteiger partial charge in [0.15, 0.2) is 0 Å². The first-order chi connectivity index (χ1) is 8.27. The van der Waals surface area contributed by atoms with Crippen LogP contribution in [0.2, 0.25) is 0 Å². The summed E-state index contributed by atoms with van der Waals surface area (Å²) < 4.78 is 5.93. The molecule has 1 aliphatic rings. The van der Waals surface area contributed by atoms with E-state index in [0.29, 0.717) is 11.8 Å². The van der Waals surface area contributed by atoms with Gasteiger partial charge in [-0.3, -0.25) is 0 Å². The zero-order valence-electron chi connectivity index (χ0n) is 11.3. The molecule has 1 fully saturated rings. The van der Waals surface area contributed by atoms with Gasteiger partial charge in [-0.05, 0) is 49.4 Å². The number of rotatable bonds is 4. The molecule has 0 atom stereocenters. The Morgan fingerprint density at radius 3 is 2.56 bits per heavy atom. The van der Waals surface area contributed by atoms with Crippen LogP contribution in [0.5, 0.6) is 5.75 Å². The highest BCUT2D eigenvalue weighted by atomic mass is 35.5. The lowest BCUT2D eigenvalue weighted by molar-refractivity contribution is 0.265. The molecule has 1 aromatic carbocycles. The zero-order chi connectivity index (χ0) is 12.1. The van der Waals surface area contributed by atoms with Crippen molar-refractivity contribution >= 4 is 12.4 Å². The molecule has 0 aromatic heterocycles. The van der Waals surface area contributed by atoms with E-state index in [4.69, 9.17) is 4.74 Å². The third-order valence-electron chi connectivity index (χ3n) is 3.27. The van der Waals surface area contributed by atoms with Crippen molar-refractivity contribution in [2.75, 3.05) is 19.7 Å². The van der Waals surface area contributed by atoms with Gasteiger partial charge >= 0.3 is 0 Å². The van der Waals surface area contributed by atoms with Crippen LogP contribution < -0.4 is 10.1 Å². The fraction of sp³-hybridized carbons (Fsp3) is 0.600. The predicted molar refractivity (Wildman–Crippen MR) is 78.9 cm³/mol. The number of piperidine rings is 1. The van der Waals surface area contributed by atoms with E-state index in [1.807, 2.05) is 0 Å². The molecule has 1 aliphatic heterocycles. The molecule has 0 unspecified atom stereocenters. The van der Waals surface area contributed by atoms with Crippen LogP contribution in [-0.4, -0.2) is 19.7 Å². The standard InChI is InChI=1S/C15H23NO.ClH/c1-12(2)11-17-15-6-4-3-5-14(15)13-7-9-16-10-8-13;/h3-6,12-13,16H,7-11H2,1-2H3;1H. The second-order valence-electron chi connectivity index (χ2n) is 5.27. The van der Waals surface area contributed by atoms with Crippen molar-refractivity contribution in [2.24, 2.45) is 5.92 Å². The lowest BCUT2D eigenvalue weighted by Gasteiger charge is -2.25. The molecule has 2 rings (SSSR count). The minimum atomic E-state index is 0. The molecule has 0 bridgehead atoms. The van der Waals surface area contributed by atoms with Crippen LogP contribution in [0.25, 0.3) is 0 Å². The van der Waals surface area contributed by atoms with Gasteiger partial charge in [0.05, 0.1) is 6.61 Å². The van der Waals surface area contributed by atoms with Gasteiger partial charge < -0.3 is 10.1 Å². The Balaban J connectivity index is 0.00000162. The van der Waals surface area contributed by atoms with Crippen LogP contribution in [0.1, 0.15) is 38.2 Å². The smallest absolute Gasteiger partial charge is 0.122 e. The Kier molecular flexibility index (Phi) is 6.51. The summed E-state index contributed by atoms with van der Waals surface area (Å²) >= 11 is 0. The summed E-state index contributed by atoms with van der Waals surface area (Å²) in [5.41, 5.74) is 1.40. The highest BCUT2D eigenvalue weighted by Crippen LogP contribution is 2.32. The first kappa shape index (κ1) is 15.3. The van der Waals surface area contributed by atoms with Crippen molar-refractivity contribution < 1.29 is 4.74 Å².